The second-order valence-electron chi connectivity index (χ2n) is 5.90. The van der Waals surface area contributed by atoms with Gasteiger partial charge in [0, 0.05) is 12.6 Å². The molecule has 0 aliphatic heterocycles. The molecule has 1 aromatic rings. The smallest absolute Gasteiger partial charge is 0.240 e. The normalized spacial score (nSPS) is 23.8. The van der Waals surface area contributed by atoms with E-state index >= 15 is 0 Å². The molecule has 4 nitrogen and oxygen atoms in total. The Bertz CT molecular complexity index is 561. The zero-order chi connectivity index (χ0) is 14.8. The van der Waals surface area contributed by atoms with Gasteiger partial charge in [0.15, 0.2) is 0 Å². The first-order valence-corrected chi connectivity index (χ1v) is 8.69. The summed E-state index contributed by atoms with van der Waals surface area (Å²) in [5, 5.41) is 0. The molecule has 0 saturated heterocycles. The topological polar surface area (TPSA) is 72.2 Å². The van der Waals surface area contributed by atoms with Crippen molar-refractivity contribution in [2.75, 3.05) is 6.54 Å². The molecule has 20 heavy (non-hydrogen) atoms. The van der Waals surface area contributed by atoms with E-state index in [-0.39, 0.29) is 0 Å². The standard InChI is InChI=1S/C15H24N2O2S/c1-11-3-4-12(2)15(9-11)20(18,19)17-10-13-5-7-14(16)8-6-13/h3-4,9,13-14,17H,5-8,10,16H2,1-2H3. The van der Waals surface area contributed by atoms with Crippen LogP contribution < -0.4 is 10.5 Å². The molecular formula is C15H24N2O2S. The third-order valence-electron chi connectivity index (χ3n) is 4.09. The highest BCUT2D eigenvalue weighted by Crippen LogP contribution is 2.23. The minimum absolute atomic E-state index is 0.293. The van der Waals surface area contributed by atoms with E-state index in [0.717, 1.165) is 36.8 Å². The Labute approximate surface area is 121 Å². The van der Waals surface area contributed by atoms with Gasteiger partial charge in [-0.25, -0.2) is 13.1 Å². The highest BCUT2D eigenvalue weighted by Gasteiger charge is 2.22. The van der Waals surface area contributed by atoms with Crippen LogP contribution in [0.15, 0.2) is 23.1 Å². The number of nitrogens with two attached hydrogens (primary N) is 1. The third-order valence-corrected chi connectivity index (χ3v) is 5.65. The van der Waals surface area contributed by atoms with Crippen LogP contribution in [0.2, 0.25) is 0 Å². The van der Waals surface area contributed by atoms with Crippen molar-refractivity contribution >= 4 is 10.0 Å². The first-order valence-electron chi connectivity index (χ1n) is 7.21. The molecule has 0 bridgehead atoms. The highest BCUT2D eigenvalue weighted by atomic mass is 32.2. The Morgan fingerprint density at radius 2 is 1.85 bits per heavy atom. The second-order valence-corrected chi connectivity index (χ2v) is 7.64. The average Bonchev–Trinajstić information content (AvgIpc) is 2.41. The number of hydrogen-bond acceptors (Lipinski definition) is 3. The molecule has 0 unspecified atom stereocenters. The summed E-state index contributed by atoms with van der Waals surface area (Å²) in [5.41, 5.74) is 7.61. The van der Waals surface area contributed by atoms with Gasteiger partial charge in [-0.15, -0.1) is 0 Å². The summed E-state index contributed by atoms with van der Waals surface area (Å²) in [4.78, 5) is 0.394. The second kappa shape index (κ2) is 6.24. The fourth-order valence-corrected chi connectivity index (χ4v) is 4.14. The van der Waals surface area contributed by atoms with Gasteiger partial charge in [-0.05, 0) is 62.6 Å². The van der Waals surface area contributed by atoms with Gasteiger partial charge in [-0.2, -0.15) is 0 Å². The maximum Gasteiger partial charge on any atom is 0.240 e. The lowest BCUT2D eigenvalue weighted by Gasteiger charge is -2.26. The molecule has 112 valence electrons. The van der Waals surface area contributed by atoms with Crippen molar-refractivity contribution in [2.45, 2.75) is 50.5 Å². The van der Waals surface area contributed by atoms with Crippen molar-refractivity contribution in [3.05, 3.63) is 29.3 Å². The van der Waals surface area contributed by atoms with E-state index in [1.807, 2.05) is 26.0 Å². The Kier molecular flexibility index (Phi) is 4.83. The van der Waals surface area contributed by atoms with Gasteiger partial charge in [0.2, 0.25) is 10.0 Å². The van der Waals surface area contributed by atoms with Gasteiger partial charge in [0.1, 0.15) is 0 Å². The molecule has 0 aromatic heterocycles. The quantitative estimate of drug-likeness (QED) is 0.893. The molecular weight excluding hydrogens is 272 g/mol. The molecule has 0 heterocycles. The number of sulfonamides is 1. The summed E-state index contributed by atoms with van der Waals surface area (Å²) < 4.78 is 27.5. The molecule has 1 fully saturated rings. The van der Waals surface area contributed by atoms with E-state index < -0.39 is 10.0 Å². The number of benzene rings is 1. The van der Waals surface area contributed by atoms with Crippen LogP contribution in [0.3, 0.4) is 0 Å². The largest absolute Gasteiger partial charge is 0.328 e. The SMILES string of the molecule is Cc1ccc(C)c(S(=O)(=O)NCC2CCC(N)CC2)c1. The van der Waals surface area contributed by atoms with Gasteiger partial charge in [-0.1, -0.05) is 12.1 Å². The zero-order valence-electron chi connectivity index (χ0n) is 12.2. The van der Waals surface area contributed by atoms with Crippen LogP contribution in [0.4, 0.5) is 0 Å². The minimum Gasteiger partial charge on any atom is -0.328 e. The van der Waals surface area contributed by atoms with Gasteiger partial charge >= 0.3 is 0 Å². The Morgan fingerprint density at radius 1 is 1.20 bits per heavy atom. The summed E-state index contributed by atoms with van der Waals surface area (Å²) in [7, 11) is -3.41. The molecule has 1 saturated carbocycles. The monoisotopic (exact) mass is 296 g/mol. The van der Waals surface area contributed by atoms with Crippen LogP contribution in [0.5, 0.6) is 0 Å². The molecule has 0 radical (unpaired) electrons. The molecule has 1 aliphatic rings. The molecule has 0 spiro atoms. The van der Waals surface area contributed by atoms with Crippen molar-refractivity contribution in [2.24, 2.45) is 11.7 Å². The number of rotatable bonds is 4. The van der Waals surface area contributed by atoms with Gasteiger partial charge in [-0.3, -0.25) is 0 Å². The van der Waals surface area contributed by atoms with Crippen LogP contribution in [0, 0.1) is 19.8 Å². The zero-order valence-corrected chi connectivity index (χ0v) is 13.0. The lowest BCUT2D eigenvalue weighted by atomic mass is 9.87. The molecule has 1 aromatic carbocycles. The fourth-order valence-electron chi connectivity index (χ4n) is 2.69. The molecule has 0 atom stereocenters. The fraction of sp³-hybridized carbons (Fsp3) is 0.600. The van der Waals surface area contributed by atoms with E-state index in [2.05, 4.69) is 4.72 Å². The summed E-state index contributed by atoms with van der Waals surface area (Å²) in [6, 6.07) is 5.80. The van der Waals surface area contributed by atoms with Gasteiger partial charge < -0.3 is 5.73 Å². The molecule has 5 heteroatoms. The maximum absolute atomic E-state index is 12.4. The molecule has 0 amide bonds. The van der Waals surface area contributed by atoms with Crippen LogP contribution in [0.25, 0.3) is 0 Å². The molecule has 1 aliphatic carbocycles. The first-order chi connectivity index (χ1) is 9.38. The van der Waals surface area contributed by atoms with Crippen molar-refractivity contribution in [3.8, 4) is 0 Å². The van der Waals surface area contributed by atoms with Crippen molar-refractivity contribution in [1.82, 2.24) is 4.72 Å². The first kappa shape index (κ1) is 15.5. The van der Waals surface area contributed by atoms with E-state index in [0.29, 0.717) is 23.4 Å². The van der Waals surface area contributed by atoms with E-state index in [4.69, 9.17) is 5.73 Å². The average molecular weight is 296 g/mol. The molecule has 3 N–H and O–H groups in total. The van der Waals surface area contributed by atoms with E-state index in [9.17, 15) is 8.42 Å². The summed E-state index contributed by atoms with van der Waals surface area (Å²) in [6.07, 6.45) is 4.01. The van der Waals surface area contributed by atoms with E-state index in [1.54, 1.807) is 6.07 Å². The lowest BCUT2D eigenvalue weighted by molar-refractivity contribution is 0.326. The third kappa shape index (κ3) is 3.81. The van der Waals surface area contributed by atoms with Crippen LogP contribution >= 0.6 is 0 Å². The van der Waals surface area contributed by atoms with Crippen LogP contribution in [-0.4, -0.2) is 21.0 Å². The Hall–Kier alpha value is -0.910. The predicted octanol–water partition coefficient (Wildman–Crippen LogP) is 2.10. The lowest BCUT2D eigenvalue weighted by Crippen LogP contribution is -2.34. The van der Waals surface area contributed by atoms with Gasteiger partial charge in [0.05, 0.1) is 4.90 Å². The van der Waals surface area contributed by atoms with Crippen molar-refractivity contribution < 1.29 is 8.42 Å². The van der Waals surface area contributed by atoms with E-state index in [1.165, 1.54) is 0 Å². The Morgan fingerprint density at radius 3 is 2.50 bits per heavy atom. The number of aryl methyl sites for hydroxylation is 2. The Balaban J connectivity index is 2.02. The summed E-state index contributed by atoms with van der Waals surface area (Å²) in [5.74, 6) is 0.412. The predicted molar refractivity (Wildman–Crippen MR) is 81.0 cm³/mol. The number of nitrogens with one attached hydrogen (secondary N) is 1. The van der Waals surface area contributed by atoms with Crippen molar-refractivity contribution in [3.63, 3.8) is 0 Å². The molecule has 2 rings (SSSR count). The minimum atomic E-state index is -3.41. The van der Waals surface area contributed by atoms with Crippen molar-refractivity contribution in [1.29, 1.82) is 0 Å². The summed E-state index contributed by atoms with van der Waals surface area (Å²) >= 11 is 0. The number of hydrogen-bond donors (Lipinski definition) is 2. The van der Waals surface area contributed by atoms with Crippen LogP contribution in [-0.2, 0) is 10.0 Å². The van der Waals surface area contributed by atoms with Gasteiger partial charge in [0.25, 0.3) is 0 Å². The summed E-state index contributed by atoms with van der Waals surface area (Å²) in [6.45, 7) is 4.25. The van der Waals surface area contributed by atoms with Crippen LogP contribution in [0.1, 0.15) is 36.8 Å². The highest BCUT2D eigenvalue weighted by molar-refractivity contribution is 7.89. The maximum atomic E-state index is 12.4.